The van der Waals surface area contributed by atoms with Crippen molar-refractivity contribution in [3.63, 3.8) is 0 Å². The van der Waals surface area contributed by atoms with Crippen LogP contribution in [0.3, 0.4) is 0 Å². The molecule has 2 aromatic rings. The highest BCUT2D eigenvalue weighted by atomic mass is 35.5. The van der Waals surface area contributed by atoms with Crippen molar-refractivity contribution in [2.75, 3.05) is 23.3 Å². The predicted molar refractivity (Wildman–Crippen MR) is 101 cm³/mol. The molecule has 3 heterocycles. The minimum absolute atomic E-state index is 0.173. The molecule has 2 aromatic heterocycles. The number of aliphatic hydroxyl groups is 1. The van der Waals surface area contributed by atoms with Gasteiger partial charge in [-0.25, -0.2) is 15.0 Å². The second kappa shape index (κ2) is 7.17. The molecule has 0 radical (unpaired) electrons. The molecule has 1 saturated heterocycles. The van der Waals surface area contributed by atoms with Crippen LogP contribution in [-0.4, -0.2) is 44.7 Å². The number of pyridine rings is 1. The fraction of sp³-hybridized carbons (Fsp3) is 0.444. The maximum atomic E-state index is 12.4. The van der Waals surface area contributed by atoms with E-state index in [1.807, 2.05) is 13.8 Å². The summed E-state index contributed by atoms with van der Waals surface area (Å²) in [5.74, 6) is 1.49. The number of hydrogen-bond acceptors (Lipinski definition) is 6. The molecular formula is C18H22ClN5O2. The molecule has 1 aliphatic heterocycles. The van der Waals surface area contributed by atoms with Crippen LogP contribution in [0.5, 0.6) is 0 Å². The number of carbonyl (C=O) groups excluding carboxylic acids is 1. The first kappa shape index (κ1) is 18.5. The summed E-state index contributed by atoms with van der Waals surface area (Å²) in [5, 5.41) is 13.2. The number of halogens is 1. The van der Waals surface area contributed by atoms with E-state index in [0.717, 1.165) is 18.8 Å². The van der Waals surface area contributed by atoms with Gasteiger partial charge in [-0.3, -0.25) is 4.79 Å². The van der Waals surface area contributed by atoms with E-state index in [1.54, 1.807) is 31.2 Å². The summed E-state index contributed by atoms with van der Waals surface area (Å²) in [6.07, 6.45) is 0.890. The molecule has 7 nitrogen and oxygen atoms in total. The minimum Gasteiger partial charge on any atom is -0.390 e. The van der Waals surface area contributed by atoms with Crippen LogP contribution in [0, 0.1) is 12.8 Å². The van der Waals surface area contributed by atoms with E-state index < -0.39 is 5.60 Å². The monoisotopic (exact) mass is 375 g/mol. The number of hydrogen-bond donors (Lipinski definition) is 2. The molecule has 1 fully saturated rings. The summed E-state index contributed by atoms with van der Waals surface area (Å²) in [6.45, 7) is 6.95. The van der Waals surface area contributed by atoms with Gasteiger partial charge in [-0.15, -0.1) is 0 Å². The number of nitrogens with one attached hydrogen (secondary N) is 1. The highest BCUT2D eigenvalue weighted by molar-refractivity contribution is 6.29. The van der Waals surface area contributed by atoms with Gasteiger partial charge in [0, 0.05) is 25.1 Å². The van der Waals surface area contributed by atoms with Crippen molar-refractivity contribution in [1.29, 1.82) is 0 Å². The van der Waals surface area contributed by atoms with Crippen LogP contribution in [0.15, 0.2) is 24.3 Å². The quantitative estimate of drug-likeness (QED) is 0.798. The Morgan fingerprint density at radius 3 is 2.77 bits per heavy atom. The number of aryl methyl sites for hydroxylation is 1. The summed E-state index contributed by atoms with van der Waals surface area (Å²) in [5.41, 5.74) is -0.509. The van der Waals surface area contributed by atoms with E-state index in [0.29, 0.717) is 18.2 Å². The first-order chi connectivity index (χ1) is 12.2. The average molecular weight is 376 g/mol. The number of carbonyl (C=O) groups is 1. The third-order valence-corrected chi connectivity index (χ3v) is 4.74. The van der Waals surface area contributed by atoms with E-state index >= 15 is 0 Å². The SMILES string of the molecule is Cc1nc(NC(=O)c2cccc(Cl)n2)cc(N2CC[C@@H](C(C)(C)O)C2)n1. The van der Waals surface area contributed by atoms with Gasteiger partial charge in [-0.1, -0.05) is 17.7 Å². The van der Waals surface area contributed by atoms with Gasteiger partial charge >= 0.3 is 0 Å². The Labute approximate surface area is 157 Å². The summed E-state index contributed by atoms with van der Waals surface area (Å²) in [6, 6.07) is 6.60. The second-order valence-electron chi connectivity index (χ2n) is 7.04. The van der Waals surface area contributed by atoms with Gasteiger partial charge in [0.05, 0.1) is 5.60 Å². The molecule has 0 saturated carbocycles. The first-order valence-electron chi connectivity index (χ1n) is 8.49. The molecular weight excluding hydrogens is 354 g/mol. The van der Waals surface area contributed by atoms with Gasteiger partial charge in [-0.2, -0.15) is 0 Å². The Hall–Kier alpha value is -2.25. The van der Waals surface area contributed by atoms with E-state index in [-0.39, 0.29) is 22.7 Å². The molecule has 0 aromatic carbocycles. The molecule has 0 bridgehead atoms. The van der Waals surface area contributed by atoms with E-state index in [4.69, 9.17) is 11.6 Å². The van der Waals surface area contributed by atoms with Crippen molar-refractivity contribution in [3.05, 3.63) is 40.9 Å². The normalized spacial score (nSPS) is 17.4. The smallest absolute Gasteiger partial charge is 0.275 e. The zero-order valence-electron chi connectivity index (χ0n) is 15.0. The third kappa shape index (κ3) is 4.28. The maximum absolute atomic E-state index is 12.4. The van der Waals surface area contributed by atoms with Crippen LogP contribution in [0.1, 0.15) is 36.6 Å². The topological polar surface area (TPSA) is 91.2 Å². The molecule has 0 aliphatic carbocycles. The highest BCUT2D eigenvalue weighted by Crippen LogP contribution is 2.30. The standard InChI is InChI=1S/C18H22ClN5O2/c1-11-20-15(23-17(25)13-5-4-6-14(19)22-13)9-16(21-11)24-8-7-12(10-24)18(2,3)26/h4-6,9,12,26H,7-8,10H2,1-3H3,(H,20,21,23,25)/t12-/m1/s1. The highest BCUT2D eigenvalue weighted by Gasteiger charge is 2.34. The minimum atomic E-state index is -0.730. The van der Waals surface area contributed by atoms with E-state index in [9.17, 15) is 9.90 Å². The Morgan fingerprint density at radius 2 is 2.12 bits per heavy atom. The van der Waals surface area contributed by atoms with Crippen molar-refractivity contribution in [1.82, 2.24) is 15.0 Å². The molecule has 1 amide bonds. The fourth-order valence-electron chi connectivity index (χ4n) is 3.04. The van der Waals surface area contributed by atoms with Gasteiger partial charge in [0.1, 0.15) is 28.3 Å². The van der Waals surface area contributed by atoms with Crippen molar-refractivity contribution in [2.24, 2.45) is 5.92 Å². The summed E-state index contributed by atoms with van der Waals surface area (Å²) >= 11 is 5.84. The van der Waals surface area contributed by atoms with E-state index in [1.165, 1.54) is 0 Å². The number of amides is 1. The zero-order valence-corrected chi connectivity index (χ0v) is 15.8. The van der Waals surface area contributed by atoms with Crippen LogP contribution in [0.2, 0.25) is 5.15 Å². The molecule has 138 valence electrons. The Morgan fingerprint density at radius 1 is 1.35 bits per heavy atom. The molecule has 1 aliphatic rings. The number of aromatic nitrogens is 3. The summed E-state index contributed by atoms with van der Waals surface area (Å²) in [7, 11) is 0. The first-order valence-corrected chi connectivity index (χ1v) is 8.87. The Bertz CT molecular complexity index is 821. The van der Waals surface area contributed by atoms with Gasteiger partial charge in [-0.05, 0) is 39.3 Å². The molecule has 1 atom stereocenters. The number of nitrogens with zero attached hydrogens (tertiary/aromatic N) is 4. The summed E-state index contributed by atoms with van der Waals surface area (Å²) < 4.78 is 0. The lowest BCUT2D eigenvalue weighted by Crippen LogP contribution is -2.33. The van der Waals surface area contributed by atoms with Crippen molar-refractivity contribution < 1.29 is 9.90 Å². The van der Waals surface area contributed by atoms with E-state index in [2.05, 4.69) is 25.2 Å². The molecule has 0 spiro atoms. The molecule has 0 unspecified atom stereocenters. The molecule has 3 rings (SSSR count). The van der Waals surface area contributed by atoms with Crippen LogP contribution in [0.25, 0.3) is 0 Å². The van der Waals surface area contributed by atoms with Gasteiger partial charge in [0.2, 0.25) is 0 Å². The van der Waals surface area contributed by atoms with Crippen LogP contribution < -0.4 is 10.2 Å². The lowest BCUT2D eigenvalue weighted by atomic mass is 9.90. The Balaban J connectivity index is 1.77. The number of anilines is 2. The fourth-order valence-corrected chi connectivity index (χ4v) is 3.20. The largest absolute Gasteiger partial charge is 0.390 e. The maximum Gasteiger partial charge on any atom is 0.275 e. The van der Waals surface area contributed by atoms with Gasteiger partial charge in [0.25, 0.3) is 5.91 Å². The van der Waals surface area contributed by atoms with Crippen molar-refractivity contribution in [3.8, 4) is 0 Å². The lowest BCUT2D eigenvalue weighted by molar-refractivity contribution is 0.0263. The van der Waals surface area contributed by atoms with Crippen LogP contribution in [-0.2, 0) is 0 Å². The molecule has 26 heavy (non-hydrogen) atoms. The molecule has 8 heteroatoms. The van der Waals surface area contributed by atoms with Crippen LogP contribution in [0.4, 0.5) is 11.6 Å². The van der Waals surface area contributed by atoms with Crippen LogP contribution >= 0.6 is 11.6 Å². The third-order valence-electron chi connectivity index (χ3n) is 4.53. The second-order valence-corrected chi connectivity index (χ2v) is 7.43. The number of rotatable bonds is 4. The Kier molecular flexibility index (Phi) is 5.11. The predicted octanol–water partition coefficient (Wildman–Crippen LogP) is 2.68. The van der Waals surface area contributed by atoms with Gasteiger partial charge < -0.3 is 15.3 Å². The lowest BCUT2D eigenvalue weighted by Gasteiger charge is -2.26. The van der Waals surface area contributed by atoms with Crippen molar-refractivity contribution in [2.45, 2.75) is 32.8 Å². The summed E-state index contributed by atoms with van der Waals surface area (Å²) in [4.78, 5) is 27.2. The zero-order chi connectivity index (χ0) is 18.9. The van der Waals surface area contributed by atoms with Crippen molar-refractivity contribution >= 4 is 29.1 Å². The molecule has 2 N–H and O–H groups in total. The van der Waals surface area contributed by atoms with Gasteiger partial charge in [0.15, 0.2) is 0 Å². The average Bonchev–Trinajstić information content (AvgIpc) is 3.04.